The van der Waals surface area contributed by atoms with Gasteiger partial charge in [-0.2, -0.15) is 0 Å². The van der Waals surface area contributed by atoms with Crippen LogP contribution in [-0.4, -0.2) is 4.57 Å². The van der Waals surface area contributed by atoms with Crippen molar-refractivity contribution in [1.82, 2.24) is 4.57 Å². The van der Waals surface area contributed by atoms with Crippen LogP contribution in [0.5, 0.6) is 0 Å². The first-order chi connectivity index (χ1) is 11.6. The van der Waals surface area contributed by atoms with Crippen molar-refractivity contribution < 1.29 is 0 Å². The molecule has 0 radical (unpaired) electrons. The molecule has 0 aliphatic heterocycles. The molecular weight excluding hydrogens is 310 g/mol. The zero-order valence-electron chi connectivity index (χ0n) is 14.1. The SMILES string of the molecule is CC(C)c1ccc2c(c1)c1ccc3c4ccccc4sc3c1n2C. The molecule has 1 nitrogen and oxygen atoms in total. The number of aromatic nitrogens is 1. The minimum atomic E-state index is 0.553. The maximum atomic E-state index is 2.38. The number of hydrogen-bond acceptors (Lipinski definition) is 1. The number of hydrogen-bond donors (Lipinski definition) is 0. The molecule has 3 aromatic carbocycles. The molecule has 2 aromatic heterocycles. The van der Waals surface area contributed by atoms with Crippen LogP contribution in [0.2, 0.25) is 0 Å². The quantitative estimate of drug-likeness (QED) is 0.318. The molecule has 0 fully saturated rings. The van der Waals surface area contributed by atoms with E-state index < -0.39 is 0 Å². The number of fused-ring (bicyclic) bond motifs is 7. The molecule has 0 saturated heterocycles. The lowest BCUT2D eigenvalue weighted by Crippen LogP contribution is -1.89. The Morgan fingerprint density at radius 1 is 0.833 bits per heavy atom. The van der Waals surface area contributed by atoms with Gasteiger partial charge in [-0.1, -0.05) is 50.2 Å². The maximum Gasteiger partial charge on any atom is 0.0670 e. The number of aryl methyl sites for hydroxylation is 1. The first-order valence-corrected chi connectivity index (χ1v) is 9.29. The molecule has 5 rings (SSSR count). The smallest absolute Gasteiger partial charge is 0.0670 e. The third-order valence-electron chi connectivity index (χ3n) is 5.19. The molecule has 24 heavy (non-hydrogen) atoms. The summed E-state index contributed by atoms with van der Waals surface area (Å²) in [6.45, 7) is 4.52. The lowest BCUT2D eigenvalue weighted by atomic mass is 10.0. The lowest BCUT2D eigenvalue weighted by Gasteiger charge is -2.05. The summed E-state index contributed by atoms with van der Waals surface area (Å²) in [7, 11) is 2.20. The van der Waals surface area contributed by atoms with Crippen LogP contribution in [0.25, 0.3) is 42.0 Å². The van der Waals surface area contributed by atoms with E-state index in [2.05, 4.69) is 80.1 Å². The summed E-state index contributed by atoms with van der Waals surface area (Å²) in [6, 6.07) is 20.3. The predicted octanol–water partition coefficient (Wildman–Crippen LogP) is 6.82. The Bertz CT molecular complexity index is 1240. The monoisotopic (exact) mass is 329 g/mol. The van der Waals surface area contributed by atoms with Crippen molar-refractivity contribution in [3.05, 3.63) is 60.2 Å². The molecule has 5 aromatic rings. The van der Waals surface area contributed by atoms with Crippen LogP contribution in [0, 0.1) is 0 Å². The highest BCUT2D eigenvalue weighted by Gasteiger charge is 2.15. The standard InChI is InChI=1S/C22H19NS/c1-13(2)14-8-11-19-18(12-14)16-9-10-17-15-6-4-5-7-20(15)24-22(17)21(16)23(19)3/h4-13H,1-3H3. The number of nitrogens with zero attached hydrogens (tertiary/aromatic N) is 1. The highest BCUT2D eigenvalue weighted by molar-refractivity contribution is 7.26. The fourth-order valence-corrected chi connectivity index (χ4v) is 5.15. The van der Waals surface area contributed by atoms with Crippen LogP contribution >= 0.6 is 11.3 Å². The zero-order valence-corrected chi connectivity index (χ0v) is 14.9. The van der Waals surface area contributed by atoms with E-state index in [-0.39, 0.29) is 0 Å². The fraction of sp³-hybridized carbons (Fsp3) is 0.182. The largest absolute Gasteiger partial charge is 0.342 e. The molecule has 0 aliphatic carbocycles. The second-order valence-electron chi connectivity index (χ2n) is 6.93. The van der Waals surface area contributed by atoms with Crippen LogP contribution in [0.3, 0.4) is 0 Å². The van der Waals surface area contributed by atoms with Gasteiger partial charge in [-0.3, -0.25) is 0 Å². The van der Waals surface area contributed by atoms with Gasteiger partial charge in [-0.05, 0) is 29.7 Å². The summed E-state index contributed by atoms with van der Waals surface area (Å²) in [5.41, 5.74) is 4.09. The molecule has 0 aliphatic rings. The Balaban J connectivity index is 2.00. The Morgan fingerprint density at radius 3 is 2.46 bits per heavy atom. The molecule has 118 valence electrons. The van der Waals surface area contributed by atoms with Crippen LogP contribution < -0.4 is 0 Å². The van der Waals surface area contributed by atoms with E-state index in [1.165, 1.54) is 47.5 Å². The summed E-state index contributed by atoms with van der Waals surface area (Å²) < 4.78 is 5.14. The van der Waals surface area contributed by atoms with Gasteiger partial charge in [0.2, 0.25) is 0 Å². The number of benzene rings is 3. The Hall–Kier alpha value is -2.32. The van der Waals surface area contributed by atoms with Gasteiger partial charge in [-0.25, -0.2) is 0 Å². The fourth-order valence-electron chi connectivity index (χ4n) is 3.87. The minimum absolute atomic E-state index is 0.553. The van der Waals surface area contributed by atoms with E-state index in [9.17, 15) is 0 Å². The van der Waals surface area contributed by atoms with E-state index >= 15 is 0 Å². The topological polar surface area (TPSA) is 4.93 Å². The third kappa shape index (κ3) is 1.75. The lowest BCUT2D eigenvalue weighted by molar-refractivity contribution is 0.868. The Labute approximate surface area is 145 Å². The van der Waals surface area contributed by atoms with Gasteiger partial charge in [0.05, 0.1) is 10.2 Å². The summed E-state index contributed by atoms with van der Waals surface area (Å²) in [5, 5.41) is 5.48. The van der Waals surface area contributed by atoms with Crippen molar-refractivity contribution in [3.63, 3.8) is 0 Å². The minimum Gasteiger partial charge on any atom is -0.342 e. The molecule has 0 N–H and O–H groups in total. The van der Waals surface area contributed by atoms with Gasteiger partial charge in [0.1, 0.15) is 0 Å². The molecular formula is C22H19NS. The van der Waals surface area contributed by atoms with Crippen molar-refractivity contribution in [2.24, 2.45) is 7.05 Å². The van der Waals surface area contributed by atoms with Crippen molar-refractivity contribution in [1.29, 1.82) is 0 Å². The van der Waals surface area contributed by atoms with E-state index in [4.69, 9.17) is 0 Å². The average molecular weight is 329 g/mol. The van der Waals surface area contributed by atoms with Crippen molar-refractivity contribution in [2.45, 2.75) is 19.8 Å². The van der Waals surface area contributed by atoms with Gasteiger partial charge in [0.15, 0.2) is 0 Å². The number of thiophene rings is 1. The van der Waals surface area contributed by atoms with E-state index in [0.717, 1.165) is 0 Å². The van der Waals surface area contributed by atoms with Crippen molar-refractivity contribution in [3.8, 4) is 0 Å². The van der Waals surface area contributed by atoms with Gasteiger partial charge in [-0.15, -0.1) is 11.3 Å². The predicted molar refractivity (Wildman–Crippen MR) is 107 cm³/mol. The molecule has 0 amide bonds. The van der Waals surface area contributed by atoms with Crippen molar-refractivity contribution in [2.75, 3.05) is 0 Å². The molecule has 2 heteroatoms. The maximum absolute atomic E-state index is 2.38. The van der Waals surface area contributed by atoms with Gasteiger partial charge < -0.3 is 4.57 Å². The average Bonchev–Trinajstić information content (AvgIpc) is 3.10. The van der Waals surface area contributed by atoms with E-state index in [1.807, 2.05) is 11.3 Å². The highest BCUT2D eigenvalue weighted by atomic mass is 32.1. The summed E-state index contributed by atoms with van der Waals surface area (Å²) >= 11 is 1.91. The normalized spacial score (nSPS) is 12.3. The molecule has 0 unspecified atom stereocenters. The summed E-state index contributed by atoms with van der Waals surface area (Å²) in [6.07, 6.45) is 0. The molecule has 0 atom stereocenters. The second-order valence-corrected chi connectivity index (χ2v) is 7.98. The highest BCUT2D eigenvalue weighted by Crippen LogP contribution is 2.41. The van der Waals surface area contributed by atoms with E-state index in [0.29, 0.717) is 5.92 Å². The van der Waals surface area contributed by atoms with Gasteiger partial charge in [0, 0.05) is 38.8 Å². The van der Waals surface area contributed by atoms with Crippen LogP contribution in [-0.2, 0) is 7.05 Å². The van der Waals surface area contributed by atoms with Crippen LogP contribution in [0.15, 0.2) is 54.6 Å². The van der Waals surface area contributed by atoms with Crippen molar-refractivity contribution >= 4 is 53.3 Å². The van der Waals surface area contributed by atoms with Crippen LogP contribution in [0.4, 0.5) is 0 Å². The Morgan fingerprint density at radius 2 is 1.62 bits per heavy atom. The molecule has 0 bridgehead atoms. The van der Waals surface area contributed by atoms with Gasteiger partial charge in [0.25, 0.3) is 0 Å². The summed E-state index contributed by atoms with van der Waals surface area (Å²) in [5.74, 6) is 0.553. The first kappa shape index (κ1) is 14.1. The van der Waals surface area contributed by atoms with E-state index in [1.54, 1.807) is 0 Å². The zero-order chi connectivity index (χ0) is 16.4. The second kappa shape index (κ2) is 4.84. The molecule has 2 heterocycles. The molecule has 0 saturated carbocycles. The number of rotatable bonds is 1. The first-order valence-electron chi connectivity index (χ1n) is 8.47. The Kier molecular flexibility index (Phi) is 2.84. The molecule has 0 spiro atoms. The van der Waals surface area contributed by atoms with Crippen LogP contribution in [0.1, 0.15) is 25.3 Å². The summed E-state index contributed by atoms with van der Waals surface area (Å²) in [4.78, 5) is 0. The van der Waals surface area contributed by atoms with Gasteiger partial charge >= 0.3 is 0 Å². The third-order valence-corrected chi connectivity index (χ3v) is 6.39.